The number of aromatic nitrogens is 1. The highest BCUT2D eigenvalue weighted by Crippen LogP contribution is 2.50. The van der Waals surface area contributed by atoms with Crippen molar-refractivity contribution in [3.63, 3.8) is 0 Å². The molecule has 0 bridgehead atoms. The lowest BCUT2D eigenvalue weighted by Gasteiger charge is -2.50. The highest BCUT2D eigenvalue weighted by Gasteiger charge is 2.50. The molecule has 0 radical (unpaired) electrons. The van der Waals surface area contributed by atoms with Gasteiger partial charge in [0.05, 0.1) is 30.8 Å². The molecule has 1 fully saturated rings. The number of benzene rings is 3. The van der Waals surface area contributed by atoms with Crippen LogP contribution in [-0.2, 0) is 12.5 Å². The standard InChI is InChI=1S/C32H32F2N4O4/c1-36-26-17-22(42-2)11-12-24(26)28-29(36)27(18-39)38(31(41)35-21-9-7-20(33)8-10-21)19-32(28)13-15-37(16-14-32)30(40)23-5-3-4-6-25(23)34/h3-12,17,27,39H,13-16,18-19H2,1-2H3,(H,35,41)/t27-/m1/s1. The lowest BCUT2D eigenvalue weighted by Crippen LogP contribution is -2.56. The minimum Gasteiger partial charge on any atom is -0.497 e. The topological polar surface area (TPSA) is 87.0 Å². The van der Waals surface area contributed by atoms with Gasteiger partial charge in [0, 0.05) is 54.9 Å². The number of nitrogens with one attached hydrogen (secondary N) is 1. The van der Waals surface area contributed by atoms with E-state index in [0.29, 0.717) is 43.9 Å². The molecular formula is C32H32F2N4O4. The third-order valence-electron chi connectivity index (χ3n) is 8.79. The zero-order valence-corrected chi connectivity index (χ0v) is 23.4. The van der Waals surface area contributed by atoms with Crippen molar-refractivity contribution in [2.75, 3.05) is 38.7 Å². The van der Waals surface area contributed by atoms with E-state index in [1.807, 2.05) is 29.8 Å². The monoisotopic (exact) mass is 574 g/mol. The van der Waals surface area contributed by atoms with Gasteiger partial charge in [0.1, 0.15) is 17.4 Å². The van der Waals surface area contributed by atoms with Gasteiger partial charge in [-0.2, -0.15) is 0 Å². The van der Waals surface area contributed by atoms with Crippen molar-refractivity contribution in [3.8, 4) is 5.75 Å². The number of nitrogens with zero attached hydrogens (tertiary/aromatic N) is 3. The van der Waals surface area contributed by atoms with Crippen LogP contribution < -0.4 is 10.1 Å². The summed E-state index contributed by atoms with van der Waals surface area (Å²) in [7, 11) is 3.51. The lowest BCUT2D eigenvalue weighted by molar-refractivity contribution is 0.0534. The maximum absolute atomic E-state index is 14.4. The number of ether oxygens (including phenoxy) is 1. The molecule has 0 unspecified atom stereocenters. The molecular weight excluding hydrogens is 542 g/mol. The Kier molecular flexibility index (Phi) is 7.10. The number of methoxy groups -OCH3 is 1. The van der Waals surface area contributed by atoms with E-state index < -0.39 is 29.1 Å². The normalized spacial score (nSPS) is 17.8. The molecule has 3 amide bonds. The van der Waals surface area contributed by atoms with Crippen molar-refractivity contribution < 1.29 is 28.2 Å². The minimum atomic E-state index is -0.646. The van der Waals surface area contributed by atoms with Crippen molar-refractivity contribution in [2.45, 2.75) is 24.3 Å². The van der Waals surface area contributed by atoms with Gasteiger partial charge in [-0.05, 0) is 66.9 Å². The Morgan fingerprint density at radius 2 is 1.76 bits per heavy atom. The van der Waals surface area contributed by atoms with Gasteiger partial charge in [-0.15, -0.1) is 0 Å². The zero-order valence-electron chi connectivity index (χ0n) is 23.4. The van der Waals surface area contributed by atoms with E-state index in [-0.39, 0.29) is 18.1 Å². The van der Waals surface area contributed by atoms with Crippen molar-refractivity contribution in [3.05, 3.63) is 95.2 Å². The summed E-state index contributed by atoms with van der Waals surface area (Å²) in [5.41, 5.74) is 2.70. The summed E-state index contributed by atoms with van der Waals surface area (Å²) in [5, 5.41) is 14.5. The Morgan fingerprint density at radius 1 is 1.05 bits per heavy atom. The minimum absolute atomic E-state index is 0.0377. The second-order valence-corrected chi connectivity index (χ2v) is 11.0. The number of aliphatic hydroxyl groups excluding tert-OH is 1. The first-order valence-electron chi connectivity index (χ1n) is 13.9. The number of hydrogen-bond acceptors (Lipinski definition) is 4. The molecule has 2 aliphatic heterocycles. The first-order valence-corrected chi connectivity index (χ1v) is 13.9. The summed E-state index contributed by atoms with van der Waals surface area (Å²) in [6, 6.07) is 16.3. The molecule has 1 atom stereocenters. The summed E-state index contributed by atoms with van der Waals surface area (Å²) in [5.74, 6) is -0.641. The summed E-state index contributed by atoms with van der Waals surface area (Å²) < 4.78 is 35.4. The van der Waals surface area contributed by atoms with Gasteiger partial charge in [0.15, 0.2) is 0 Å². The lowest BCUT2D eigenvalue weighted by atomic mass is 9.68. The molecule has 4 aromatic rings. The summed E-state index contributed by atoms with van der Waals surface area (Å²) >= 11 is 0. The van der Waals surface area contributed by atoms with Crippen LogP contribution in [0.5, 0.6) is 5.75 Å². The maximum Gasteiger partial charge on any atom is 0.322 e. The van der Waals surface area contributed by atoms with Crippen LogP contribution in [0.3, 0.4) is 0 Å². The van der Waals surface area contributed by atoms with Gasteiger partial charge in [-0.1, -0.05) is 12.1 Å². The number of carbonyl (C=O) groups excluding carboxylic acids is 2. The van der Waals surface area contributed by atoms with E-state index in [1.165, 1.54) is 36.4 Å². The molecule has 3 heterocycles. The number of amides is 3. The number of likely N-dealkylation sites (tertiary alicyclic amines) is 1. The fraction of sp³-hybridized carbons (Fsp3) is 0.312. The number of anilines is 1. The maximum atomic E-state index is 14.4. The highest BCUT2D eigenvalue weighted by molar-refractivity contribution is 5.95. The smallest absolute Gasteiger partial charge is 0.322 e. The van der Waals surface area contributed by atoms with Crippen LogP contribution in [0.15, 0.2) is 66.7 Å². The van der Waals surface area contributed by atoms with Crippen LogP contribution in [0.2, 0.25) is 0 Å². The number of rotatable bonds is 4. The van der Waals surface area contributed by atoms with E-state index in [1.54, 1.807) is 29.0 Å². The number of fused-ring (bicyclic) bond motifs is 4. The Bertz CT molecular complexity index is 1660. The summed E-state index contributed by atoms with van der Waals surface area (Å²) in [6.45, 7) is 0.733. The molecule has 0 aliphatic carbocycles. The summed E-state index contributed by atoms with van der Waals surface area (Å²) in [4.78, 5) is 30.3. The first-order chi connectivity index (χ1) is 20.3. The molecule has 1 spiro atoms. The van der Waals surface area contributed by atoms with E-state index in [9.17, 15) is 23.5 Å². The number of aryl methyl sites for hydroxylation is 1. The Labute approximate surface area is 242 Å². The van der Waals surface area contributed by atoms with Gasteiger partial charge >= 0.3 is 6.03 Å². The Balaban J connectivity index is 1.41. The predicted molar refractivity (Wildman–Crippen MR) is 155 cm³/mol. The molecule has 10 heteroatoms. The molecule has 3 aromatic carbocycles. The molecule has 1 aromatic heterocycles. The average molecular weight is 575 g/mol. The quantitative estimate of drug-likeness (QED) is 0.350. The fourth-order valence-electron chi connectivity index (χ4n) is 6.65. The second-order valence-electron chi connectivity index (χ2n) is 11.0. The SMILES string of the molecule is COc1ccc2c3c(n(C)c2c1)[C@@H](CO)N(C(=O)Nc1ccc(F)cc1)CC31CCN(C(=O)c2ccccc2F)CC1. The Hall–Kier alpha value is -4.44. The van der Waals surface area contributed by atoms with Gasteiger partial charge in [-0.25, -0.2) is 13.6 Å². The Morgan fingerprint density at radius 3 is 2.43 bits per heavy atom. The van der Waals surface area contributed by atoms with Crippen LogP contribution in [0.4, 0.5) is 19.3 Å². The highest BCUT2D eigenvalue weighted by atomic mass is 19.1. The zero-order chi connectivity index (χ0) is 29.6. The third kappa shape index (κ3) is 4.56. The predicted octanol–water partition coefficient (Wildman–Crippen LogP) is 5.22. The number of carbonyl (C=O) groups is 2. The molecule has 218 valence electrons. The summed E-state index contributed by atoms with van der Waals surface area (Å²) in [6.07, 6.45) is 1.06. The van der Waals surface area contributed by atoms with Gasteiger partial charge in [0.2, 0.25) is 0 Å². The van der Waals surface area contributed by atoms with Crippen molar-refractivity contribution in [1.82, 2.24) is 14.4 Å². The number of aliphatic hydroxyl groups is 1. The van der Waals surface area contributed by atoms with E-state index >= 15 is 0 Å². The van der Waals surface area contributed by atoms with Crippen molar-refractivity contribution >= 4 is 28.5 Å². The van der Waals surface area contributed by atoms with Gasteiger partial charge < -0.3 is 29.5 Å². The van der Waals surface area contributed by atoms with E-state index in [0.717, 1.165) is 22.2 Å². The van der Waals surface area contributed by atoms with Crippen LogP contribution in [0.1, 0.15) is 40.5 Å². The molecule has 2 N–H and O–H groups in total. The number of piperidine rings is 1. The molecule has 1 saturated heterocycles. The second kappa shape index (κ2) is 10.8. The van der Waals surface area contributed by atoms with E-state index in [4.69, 9.17) is 4.74 Å². The molecule has 42 heavy (non-hydrogen) atoms. The molecule has 6 rings (SSSR count). The third-order valence-corrected chi connectivity index (χ3v) is 8.79. The molecule has 8 nitrogen and oxygen atoms in total. The fourth-order valence-corrected chi connectivity index (χ4v) is 6.65. The van der Waals surface area contributed by atoms with Crippen LogP contribution >= 0.6 is 0 Å². The van der Waals surface area contributed by atoms with Crippen molar-refractivity contribution in [1.29, 1.82) is 0 Å². The molecule has 0 saturated carbocycles. The van der Waals surface area contributed by atoms with Gasteiger partial charge in [0.25, 0.3) is 5.91 Å². The van der Waals surface area contributed by atoms with Crippen LogP contribution in [0, 0.1) is 11.6 Å². The van der Waals surface area contributed by atoms with Crippen LogP contribution in [0.25, 0.3) is 10.9 Å². The number of hydrogen-bond donors (Lipinski definition) is 2. The number of urea groups is 1. The van der Waals surface area contributed by atoms with E-state index in [2.05, 4.69) is 5.32 Å². The first kappa shape index (κ1) is 27.7. The molecule has 2 aliphatic rings. The van der Waals surface area contributed by atoms with Gasteiger partial charge in [-0.3, -0.25) is 4.79 Å². The average Bonchev–Trinajstić information content (AvgIpc) is 3.31. The number of halogens is 2. The van der Waals surface area contributed by atoms with Crippen LogP contribution in [-0.4, -0.2) is 64.8 Å². The largest absolute Gasteiger partial charge is 0.497 e. The van der Waals surface area contributed by atoms with Crippen molar-refractivity contribution in [2.24, 2.45) is 7.05 Å².